The summed E-state index contributed by atoms with van der Waals surface area (Å²) in [7, 11) is 0. The van der Waals surface area contributed by atoms with Gasteiger partial charge in [-0.1, -0.05) is 60.7 Å². The summed E-state index contributed by atoms with van der Waals surface area (Å²) < 4.78 is 7.99. The highest BCUT2D eigenvalue weighted by Gasteiger charge is 2.21. The molecule has 1 amide bonds. The molecular weight excluding hydrogens is 412 g/mol. The van der Waals surface area contributed by atoms with E-state index in [0.29, 0.717) is 0 Å². The van der Waals surface area contributed by atoms with Crippen LogP contribution in [0.4, 0.5) is 0 Å². The van der Waals surface area contributed by atoms with Crippen molar-refractivity contribution in [2.75, 3.05) is 39.3 Å². The zero-order valence-electron chi connectivity index (χ0n) is 18.6. The van der Waals surface area contributed by atoms with Gasteiger partial charge in [0.05, 0.1) is 0 Å². The van der Waals surface area contributed by atoms with E-state index in [0.717, 1.165) is 61.8 Å². The molecule has 0 spiro atoms. The summed E-state index contributed by atoms with van der Waals surface area (Å²) in [5.41, 5.74) is 1.13. The first-order chi connectivity index (χ1) is 16.3. The largest absolute Gasteiger partial charge is 0.484 e. The minimum absolute atomic E-state index is 0.0452. The zero-order chi connectivity index (χ0) is 22.5. The van der Waals surface area contributed by atoms with E-state index in [1.165, 1.54) is 5.39 Å². The van der Waals surface area contributed by atoms with Crippen LogP contribution in [0.15, 0.2) is 85.2 Å². The lowest BCUT2D eigenvalue weighted by Gasteiger charge is -2.34. The molecule has 0 bridgehead atoms. The number of rotatable bonds is 7. The topological polar surface area (TPSA) is 50.6 Å². The van der Waals surface area contributed by atoms with Crippen molar-refractivity contribution < 1.29 is 9.53 Å². The lowest BCUT2D eigenvalue weighted by atomic mass is 10.1. The Morgan fingerprint density at radius 2 is 1.61 bits per heavy atom. The van der Waals surface area contributed by atoms with E-state index in [4.69, 9.17) is 4.74 Å². The maximum absolute atomic E-state index is 12.7. The molecule has 0 radical (unpaired) electrons. The van der Waals surface area contributed by atoms with E-state index in [1.54, 1.807) is 0 Å². The van der Waals surface area contributed by atoms with E-state index in [-0.39, 0.29) is 12.5 Å². The first-order valence-electron chi connectivity index (χ1n) is 11.4. The predicted octanol–water partition coefficient (Wildman–Crippen LogP) is 3.93. The average Bonchev–Trinajstić information content (AvgIpc) is 3.35. The number of hydrogen-bond acceptors (Lipinski definition) is 4. The lowest BCUT2D eigenvalue weighted by molar-refractivity contribution is -0.135. The van der Waals surface area contributed by atoms with Gasteiger partial charge in [-0.05, 0) is 22.9 Å². The Morgan fingerprint density at radius 3 is 2.42 bits per heavy atom. The maximum atomic E-state index is 12.7. The molecule has 0 unspecified atom stereocenters. The van der Waals surface area contributed by atoms with Crippen LogP contribution in [0, 0.1) is 0 Å². The third-order valence-electron chi connectivity index (χ3n) is 6.21. The number of carbonyl (C=O) groups excluding carboxylic acids is 1. The quantitative estimate of drug-likeness (QED) is 0.437. The van der Waals surface area contributed by atoms with E-state index in [2.05, 4.69) is 38.7 Å². The molecule has 1 aliphatic heterocycles. The molecule has 33 heavy (non-hydrogen) atoms. The van der Waals surface area contributed by atoms with Crippen molar-refractivity contribution in [2.24, 2.45) is 0 Å². The minimum Gasteiger partial charge on any atom is -0.484 e. The average molecular weight is 441 g/mol. The van der Waals surface area contributed by atoms with Crippen molar-refractivity contribution in [2.45, 2.75) is 6.54 Å². The Hall–Kier alpha value is -3.64. The summed E-state index contributed by atoms with van der Waals surface area (Å²) in [4.78, 5) is 21.5. The van der Waals surface area contributed by atoms with Gasteiger partial charge in [-0.2, -0.15) is 0 Å². The van der Waals surface area contributed by atoms with Crippen LogP contribution in [0.2, 0.25) is 0 Å². The molecule has 1 aromatic heterocycles. The van der Waals surface area contributed by atoms with Crippen LogP contribution in [0.5, 0.6) is 5.75 Å². The number of aromatic nitrogens is 2. The third kappa shape index (κ3) is 5.07. The number of imidazole rings is 1. The van der Waals surface area contributed by atoms with Gasteiger partial charge in [0.25, 0.3) is 5.91 Å². The summed E-state index contributed by atoms with van der Waals surface area (Å²) in [6.45, 7) is 5.10. The SMILES string of the molecule is O=C(COc1ccc2ccccc2c1)N1CCN(CCn2ccnc2-c2ccccc2)CC1. The molecule has 168 valence electrons. The Labute approximate surface area is 194 Å². The molecule has 6 nitrogen and oxygen atoms in total. The number of hydrogen-bond donors (Lipinski definition) is 0. The fraction of sp³-hybridized carbons (Fsp3) is 0.259. The first-order valence-corrected chi connectivity index (χ1v) is 11.4. The number of amides is 1. The Kier molecular flexibility index (Phi) is 6.35. The summed E-state index contributed by atoms with van der Waals surface area (Å²) in [6.07, 6.45) is 3.89. The summed E-state index contributed by atoms with van der Waals surface area (Å²) >= 11 is 0. The zero-order valence-corrected chi connectivity index (χ0v) is 18.6. The number of nitrogens with zero attached hydrogens (tertiary/aromatic N) is 4. The van der Waals surface area contributed by atoms with Gasteiger partial charge in [0.2, 0.25) is 0 Å². The van der Waals surface area contributed by atoms with Gasteiger partial charge in [0.15, 0.2) is 6.61 Å². The fourth-order valence-electron chi connectivity index (χ4n) is 4.30. The van der Waals surface area contributed by atoms with Crippen molar-refractivity contribution in [3.63, 3.8) is 0 Å². The Bertz CT molecular complexity index is 1210. The molecule has 1 fully saturated rings. The standard InChI is InChI=1S/C27H28N4O2/c32-26(21-33-25-11-10-22-6-4-5-9-24(22)20-25)30-17-14-29(15-18-30)16-19-31-13-12-28-27(31)23-7-2-1-3-8-23/h1-13,20H,14-19,21H2. The highest BCUT2D eigenvalue weighted by atomic mass is 16.5. The second kappa shape index (κ2) is 9.88. The van der Waals surface area contributed by atoms with Gasteiger partial charge >= 0.3 is 0 Å². The predicted molar refractivity (Wildman–Crippen MR) is 130 cm³/mol. The fourth-order valence-corrected chi connectivity index (χ4v) is 4.30. The van der Waals surface area contributed by atoms with E-state index < -0.39 is 0 Å². The van der Waals surface area contributed by atoms with Crippen molar-refractivity contribution in [3.05, 3.63) is 85.2 Å². The number of piperazine rings is 1. The second-order valence-electron chi connectivity index (χ2n) is 8.33. The maximum Gasteiger partial charge on any atom is 0.260 e. The molecule has 0 N–H and O–H groups in total. The molecular formula is C27H28N4O2. The minimum atomic E-state index is 0.0452. The number of carbonyl (C=O) groups is 1. The summed E-state index contributed by atoms with van der Waals surface area (Å²) in [6, 6.07) is 24.3. The smallest absolute Gasteiger partial charge is 0.260 e. The van der Waals surface area contributed by atoms with Gasteiger partial charge in [-0.15, -0.1) is 0 Å². The second-order valence-corrected chi connectivity index (χ2v) is 8.33. The Morgan fingerprint density at radius 1 is 0.848 bits per heavy atom. The van der Waals surface area contributed by atoms with Crippen molar-refractivity contribution in [3.8, 4) is 17.1 Å². The normalized spacial score (nSPS) is 14.5. The van der Waals surface area contributed by atoms with Crippen molar-refractivity contribution in [1.82, 2.24) is 19.4 Å². The molecule has 0 aliphatic carbocycles. The lowest BCUT2D eigenvalue weighted by Crippen LogP contribution is -2.50. The molecule has 0 saturated carbocycles. The van der Waals surface area contributed by atoms with E-state index in [9.17, 15) is 4.79 Å². The van der Waals surface area contributed by atoms with Gasteiger partial charge in [0, 0.05) is 57.2 Å². The van der Waals surface area contributed by atoms with Crippen molar-refractivity contribution in [1.29, 1.82) is 0 Å². The van der Waals surface area contributed by atoms with Gasteiger partial charge in [-0.25, -0.2) is 4.98 Å². The van der Waals surface area contributed by atoms with E-state index in [1.807, 2.05) is 65.8 Å². The van der Waals surface area contributed by atoms with Crippen LogP contribution < -0.4 is 4.74 Å². The highest BCUT2D eigenvalue weighted by molar-refractivity contribution is 5.84. The molecule has 6 heteroatoms. The van der Waals surface area contributed by atoms with Gasteiger partial charge < -0.3 is 14.2 Å². The van der Waals surface area contributed by atoms with Crippen LogP contribution in [-0.4, -0.2) is 64.6 Å². The molecule has 1 saturated heterocycles. The van der Waals surface area contributed by atoms with Crippen LogP contribution >= 0.6 is 0 Å². The van der Waals surface area contributed by atoms with Crippen LogP contribution in [0.25, 0.3) is 22.2 Å². The van der Waals surface area contributed by atoms with Gasteiger partial charge in [-0.3, -0.25) is 9.69 Å². The molecule has 5 rings (SSSR count). The molecule has 2 heterocycles. The molecule has 3 aromatic carbocycles. The Balaban J connectivity index is 1.09. The molecule has 1 aliphatic rings. The third-order valence-corrected chi connectivity index (χ3v) is 6.21. The molecule has 4 aromatic rings. The summed E-state index contributed by atoms with van der Waals surface area (Å²) in [5.74, 6) is 1.77. The van der Waals surface area contributed by atoms with Crippen LogP contribution in [0.3, 0.4) is 0 Å². The highest BCUT2D eigenvalue weighted by Crippen LogP contribution is 2.21. The van der Waals surface area contributed by atoms with Gasteiger partial charge in [0.1, 0.15) is 11.6 Å². The van der Waals surface area contributed by atoms with E-state index >= 15 is 0 Å². The number of fused-ring (bicyclic) bond motifs is 1. The monoisotopic (exact) mass is 440 g/mol. The summed E-state index contributed by atoms with van der Waals surface area (Å²) in [5, 5.41) is 2.28. The van der Waals surface area contributed by atoms with Crippen molar-refractivity contribution >= 4 is 16.7 Å². The number of ether oxygens (including phenoxy) is 1. The van der Waals surface area contributed by atoms with Crippen LogP contribution in [-0.2, 0) is 11.3 Å². The number of benzene rings is 3. The van der Waals surface area contributed by atoms with Crippen LogP contribution in [0.1, 0.15) is 0 Å². The first kappa shape index (κ1) is 21.2. The molecule has 0 atom stereocenters.